The fraction of sp³-hybridized carbons (Fsp3) is 0.529. The monoisotopic (exact) mass is 287 g/mol. The average molecular weight is 287 g/mol. The Bertz CT molecular complexity index is 585. The van der Waals surface area contributed by atoms with Gasteiger partial charge in [-0.05, 0) is 44.6 Å². The second-order valence-corrected chi connectivity index (χ2v) is 6.50. The summed E-state index contributed by atoms with van der Waals surface area (Å²) in [5, 5.41) is 12.2. The number of carbonyl (C=O) groups excluding carboxylic acids is 1. The Kier molecular flexibility index (Phi) is 3.27. The van der Waals surface area contributed by atoms with E-state index in [0.717, 1.165) is 36.8 Å². The maximum Gasteiger partial charge on any atom is 0.329 e. The van der Waals surface area contributed by atoms with Gasteiger partial charge in [-0.15, -0.1) is 0 Å². The lowest BCUT2D eigenvalue weighted by Crippen LogP contribution is -2.63. The zero-order chi connectivity index (χ0) is 15.1. The van der Waals surface area contributed by atoms with Gasteiger partial charge < -0.3 is 10.4 Å². The molecule has 0 spiro atoms. The molecule has 2 aliphatic rings. The summed E-state index contributed by atoms with van der Waals surface area (Å²) >= 11 is 0. The lowest BCUT2D eigenvalue weighted by atomic mass is 9.63. The maximum absolute atomic E-state index is 12.8. The third-order valence-electron chi connectivity index (χ3n) is 5.18. The van der Waals surface area contributed by atoms with Crippen molar-refractivity contribution in [2.24, 2.45) is 0 Å². The van der Waals surface area contributed by atoms with E-state index >= 15 is 0 Å². The Morgan fingerprint density at radius 1 is 1.14 bits per heavy atom. The summed E-state index contributed by atoms with van der Waals surface area (Å²) in [6, 6.07) is 8.01. The molecular formula is C17H21NO3. The minimum atomic E-state index is -1.02. The van der Waals surface area contributed by atoms with Crippen LogP contribution in [0.4, 0.5) is 0 Å². The highest BCUT2D eigenvalue weighted by molar-refractivity contribution is 5.94. The smallest absolute Gasteiger partial charge is 0.329 e. The van der Waals surface area contributed by atoms with Gasteiger partial charge in [0, 0.05) is 0 Å². The summed E-state index contributed by atoms with van der Waals surface area (Å²) in [5.74, 6) is -1.01. The first kappa shape index (κ1) is 14.1. The Labute approximate surface area is 124 Å². The Morgan fingerprint density at radius 2 is 1.81 bits per heavy atom. The molecule has 2 N–H and O–H groups in total. The van der Waals surface area contributed by atoms with Gasteiger partial charge in [-0.2, -0.15) is 0 Å². The highest BCUT2D eigenvalue weighted by atomic mass is 16.4. The van der Waals surface area contributed by atoms with E-state index in [1.807, 2.05) is 31.2 Å². The van der Waals surface area contributed by atoms with E-state index in [9.17, 15) is 14.7 Å². The van der Waals surface area contributed by atoms with Gasteiger partial charge in [-0.1, -0.05) is 36.2 Å². The number of benzene rings is 1. The number of rotatable bonds is 4. The summed E-state index contributed by atoms with van der Waals surface area (Å²) < 4.78 is 0. The number of nitrogens with one attached hydrogen (secondary N) is 1. The van der Waals surface area contributed by atoms with Gasteiger partial charge in [-0.3, -0.25) is 4.79 Å². The minimum Gasteiger partial charge on any atom is -0.480 e. The lowest BCUT2D eigenvalue weighted by Gasteiger charge is -2.46. The predicted octanol–water partition coefficient (Wildman–Crippen LogP) is 2.54. The van der Waals surface area contributed by atoms with Crippen LogP contribution in [0.3, 0.4) is 0 Å². The van der Waals surface area contributed by atoms with Crippen LogP contribution in [0.5, 0.6) is 0 Å². The molecule has 4 heteroatoms. The van der Waals surface area contributed by atoms with E-state index in [2.05, 4.69) is 5.32 Å². The van der Waals surface area contributed by atoms with Gasteiger partial charge >= 0.3 is 5.97 Å². The van der Waals surface area contributed by atoms with Crippen LogP contribution in [0.25, 0.3) is 0 Å². The topological polar surface area (TPSA) is 66.4 Å². The van der Waals surface area contributed by atoms with Crippen molar-refractivity contribution in [3.63, 3.8) is 0 Å². The van der Waals surface area contributed by atoms with Crippen molar-refractivity contribution in [2.75, 3.05) is 0 Å². The van der Waals surface area contributed by atoms with Crippen LogP contribution in [0.2, 0.25) is 0 Å². The minimum absolute atomic E-state index is 0.110. The van der Waals surface area contributed by atoms with Crippen molar-refractivity contribution in [3.8, 4) is 0 Å². The molecule has 0 aromatic heterocycles. The van der Waals surface area contributed by atoms with Crippen molar-refractivity contribution in [2.45, 2.75) is 56.4 Å². The van der Waals surface area contributed by atoms with Crippen LogP contribution in [0.1, 0.15) is 49.7 Å². The number of carboxylic acids is 1. The molecule has 2 fully saturated rings. The van der Waals surface area contributed by atoms with Crippen molar-refractivity contribution < 1.29 is 14.7 Å². The van der Waals surface area contributed by atoms with Crippen molar-refractivity contribution >= 4 is 11.9 Å². The first-order chi connectivity index (χ1) is 9.98. The number of amides is 1. The predicted molar refractivity (Wildman–Crippen MR) is 79.1 cm³/mol. The van der Waals surface area contributed by atoms with Crippen LogP contribution < -0.4 is 5.32 Å². The molecule has 1 aromatic carbocycles. The average Bonchev–Trinajstić information content (AvgIpc) is 2.32. The number of carbonyl (C=O) groups is 2. The van der Waals surface area contributed by atoms with E-state index in [1.54, 1.807) is 0 Å². The highest BCUT2D eigenvalue weighted by Crippen LogP contribution is 2.45. The molecule has 112 valence electrons. The van der Waals surface area contributed by atoms with E-state index in [1.165, 1.54) is 0 Å². The van der Waals surface area contributed by atoms with Gasteiger partial charge in [0.25, 0.3) is 0 Å². The summed E-state index contributed by atoms with van der Waals surface area (Å²) in [6.07, 6.45) is 4.57. The summed E-state index contributed by atoms with van der Waals surface area (Å²) in [4.78, 5) is 24.2. The van der Waals surface area contributed by atoms with Gasteiger partial charge in [0.15, 0.2) is 0 Å². The quantitative estimate of drug-likeness (QED) is 0.894. The van der Waals surface area contributed by atoms with Gasteiger partial charge in [0.1, 0.15) is 5.54 Å². The SMILES string of the molecule is Cc1cccc(C2(C(=O)NC3(C(=O)O)CCC3)CCC2)c1. The van der Waals surface area contributed by atoms with Gasteiger partial charge in [-0.25, -0.2) is 4.79 Å². The molecule has 3 rings (SSSR count). The van der Waals surface area contributed by atoms with E-state index in [0.29, 0.717) is 12.8 Å². The molecule has 2 saturated carbocycles. The molecule has 1 aromatic rings. The zero-order valence-corrected chi connectivity index (χ0v) is 12.3. The molecule has 0 aliphatic heterocycles. The molecule has 21 heavy (non-hydrogen) atoms. The first-order valence-electron chi connectivity index (χ1n) is 7.62. The van der Waals surface area contributed by atoms with E-state index in [4.69, 9.17) is 0 Å². The summed E-state index contributed by atoms with van der Waals surface area (Å²) in [7, 11) is 0. The zero-order valence-electron chi connectivity index (χ0n) is 12.3. The van der Waals surface area contributed by atoms with E-state index in [-0.39, 0.29) is 5.91 Å². The number of aryl methyl sites for hydroxylation is 1. The van der Waals surface area contributed by atoms with E-state index < -0.39 is 16.9 Å². The van der Waals surface area contributed by atoms with Gasteiger partial charge in [0.2, 0.25) is 5.91 Å². The number of carboxylic acid groups (broad SMARTS) is 1. The molecule has 0 unspecified atom stereocenters. The second kappa shape index (κ2) is 4.86. The normalized spacial score (nSPS) is 21.8. The standard InChI is InChI=1S/C17H21NO3/c1-12-5-2-6-13(11-12)16(7-3-8-16)14(19)18-17(15(20)21)9-4-10-17/h2,5-6,11H,3-4,7-10H2,1H3,(H,18,19)(H,20,21). The fourth-order valence-electron chi connectivity index (χ4n) is 3.38. The molecule has 1 amide bonds. The largest absolute Gasteiger partial charge is 0.480 e. The number of hydrogen-bond acceptors (Lipinski definition) is 2. The Balaban J connectivity index is 1.86. The summed E-state index contributed by atoms with van der Waals surface area (Å²) in [5.41, 5.74) is 0.599. The lowest BCUT2D eigenvalue weighted by molar-refractivity contribution is -0.153. The molecule has 0 saturated heterocycles. The molecule has 0 bridgehead atoms. The first-order valence-corrected chi connectivity index (χ1v) is 7.62. The third-order valence-corrected chi connectivity index (χ3v) is 5.18. The Morgan fingerprint density at radius 3 is 2.24 bits per heavy atom. The summed E-state index contributed by atoms with van der Waals surface area (Å²) in [6.45, 7) is 2.01. The fourth-order valence-corrected chi connectivity index (χ4v) is 3.38. The molecular weight excluding hydrogens is 266 g/mol. The van der Waals surface area contributed by atoms with Crippen molar-refractivity contribution in [3.05, 3.63) is 35.4 Å². The van der Waals surface area contributed by atoms with Crippen molar-refractivity contribution in [1.82, 2.24) is 5.32 Å². The molecule has 0 atom stereocenters. The molecule has 2 aliphatic carbocycles. The van der Waals surface area contributed by atoms with Crippen LogP contribution in [-0.4, -0.2) is 22.5 Å². The highest BCUT2D eigenvalue weighted by Gasteiger charge is 2.52. The molecule has 4 nitrogen and oxygen atoms in total. The molecule has 0 heterocycles. The maximum atomic E-state index is 12.8. The molecule has 0 radical (unpaired) electrons. The van der Waals surface area contributed by atoms with Crippen molar-refractivity contribution in [1.29, 1.82) is 0 Å². The van der Waals surface area contributed by atoms with Crippen LogP contribution in [-0.2, 0) is 15.0 Å². The van der Waals surface area contributed by atoms with Crippen LogP contribution >= 0.6 is 0 Å². The second-order valence-electron chi connectivity index (χ2n) is 6.50. The third kappa shape index (κ3) is 2.13. The Hall–Kier alpha value is -1.84. The number of aliphatic carboxylic acids is 1. The van der Waals surface area contributed by atoms with Gasteiger partial charge in [0.05, 0.1) is 5.41 Å². The number of hydrogen-bond donors (Lipinski definition) is 2. The van der Waals surface area contributed by atoms with Crippen LogP contribution in [0.15, 0.2) is 24.3 Å². The van der Waals surface area contributed by atoms with Crippen LogP contribution in [0, 0.1) is 6.92 Å².